The summed E-state index contributed by atoms with van der Waals surface area (Å²) in [5.74, 6) is 1.94. The summed E-state index contributed by atoms with van der Waals surface area (Å²) >= 11 is 0. The maximum Gasteiger partial charge on any atom is 1.00 e. The molecule has 16 aliphatic rings. The van der Waals surface area contributed by atoms with Crippen molar-refractivity contribution in [2.75, 3.05) is 78.8 Å². The van der Waals surface area contributed by atoms with Crippen molar-refractivity contribution >= 4 is 43.9 Å². The number of amides is 2. The predicted molar refractivity (Wildman–Crippen MR) is 455 cm³/mol. The summed E-state index contributed by atoms with van der Waals surface area (Å²) in [7, 11) is 4.32. The fourth-order valence-electron chi connectivity index (χ4n) is 29.6. The Bertz CT molecular complexity index is 3710. The average Bonchev–Trinajstić information content (AvgIpc) is 1.46. The molecule has 0 aromatic heterocycles. The zero-order valence-electron chi connectivity index (χ0n) is 79.9. The molecule has 2 unspecified atom stereocenters. The third kappa shape index (κ3) is 18.4. The van der Waals surface area contributed by atoms with Crippen LogP contribution in [0.5, 0.6) is 0 Å². The van der Waals surface area contributed by atoms with Crippen LogP contribution in [0, 0.1) is 101 Å². The largest absolute Gasteiger partial charge is 1.00 e. The number of Topliss-reactive ketones (excluding diaryl/α,β-unsaturated/α-hetero) is 1. The number of morpholine rings is 2. The van der Waals surface area contributed by atoms with Crippen molar-refractivity contribution in [1.29, 1.82) is 0 Å². The molecule has 123 heavy (non-hydrogen) atoms. The van der Waals surface area contributed by atoms with Gasteiger partial charge in [-0.3, -0.25) is 19.4 Å². The van der Waals surface area contributed by atoms with E-state index >= 15 is 0 Å². The van der Waals surface area contributed by atoms with E-state index in [0.717, 1.165) is 85.2 Å². The average molecular weight is 1750 g/mol. The van der Waals surface area contributed by atoms with E-state index in [9.17, 15) is 49.2 Å². The van der Waals surface area contributed by atoms with Gasteiger partial charge in [0.2, 0.25) is 5.97 Å². The Morgan fingerprint density at radius 1 is 0.545 bits per heavy atom. The van der Waals surface area contributed by atoms with Crippen molar-refractivity contribution in [3.8, 4) is 0 Å². The van der Waals surface area contributed by atoms with Crippen LogP contribution >= 0.6 is 0 Å². The van der Waals surface area contributed by atoms with E-state index in [1.807, 2.05) is 62.3 Å². The Hall–Kier alpha value is -2.88. The molecule has 6 saturated heterocycles. The molecular weight excluding hydrogens is 1590 g/mol. The van der Waals surface area contributed by atoms with Gasteiger partial charge in [-0.2, -0.15) is 0 Å². The molecular formula is C94H157BN4NaO23. The molecule has 2 amide bonds. The van der Waals surface area contributed by atoms with Crippen molar-refractivity contribution < 1.29 is 141 Å². The molecule has 28 atom stereocenters. The van der Waals surface area contributed by atoms with Gasteiger partial charge in [-0.15, -0.1) is 0 Å². The second-order valence-electron chi connectivity index (χ2n) is 45.4. The number of aliphatic hydroxyl groups excluding tert-OH is 2. The fourth-order valence-corrected chi connectivity index (χ4v) is 29.6. The first-order chi connectivity index (χ1) is 56.6. The number of hydrogen-bond acceptors (Lipinski definition) is 25. The van der Waals surface area contributed by atoms with Crippen molar-refractivity contribution in [1.82, 2.24) is 20.0 Å². The smallest absolute Gasteiger partial charge is 0.793 e. The maximum atomic E-state index is 12.7. The molecule has 16 fully saturated rings. The Kier molecular flexibility index (Phi) is 30.0. The van der Waals surface area contributed by atoms with E-state index in [1.54, 1.807) is 25.7 Å². The van der Waals surface area contributed by atoms with E-state index in [4.69, 9.17) is 47.4 Å². The van der Waals surface area contributed by atoms with Gasteiger partial charge in [-0.05, 0) is 276 Å². The second-order valence-corrected chi connectivity index (χ2v) is 45.4. The van der Waals surface area contributed by atoms with Crippen molar-refractivity contribution in [2.45, 2.75) is 378 Å². The van der Waals surface area contributed by atoms with Crippen molar-refractivity contribution in [3.05, 3.63) is 0 Å². The maximum absolute atomic E-state index is 12.7. The first-order valence-electron chi connectivity index (χ1n) is 46.6. The monoisotopic (exact) mass is 1740 g/mol. The van der Waals surface area contributed by atoms with Crippen molar-refractivity contribution in [2.24, 2.45) is 101 Å². The van der Waals surface area contributed by atoms with Crippen LogP contribution in [0.3, 0.4) is 0 Å². The molecule has 5 N–H and O–H groups in total. The molecule has 0 aromatic rings. The molecule has 10 aliphatic carbocycles. The third-order valence-corrected chi connectivity index (χ3v) is 34.7. The van der Waals surface area contributed by atoms with Crippen LogP contribution < -0.4 is 34.9 Å². The van der Waals surface area contributed by atoms with Gasteiger partial charge in [-0.25, -0.2) is 29.0 Å². The summed E-state index contributed by atoms with van der Waals surface area (Å²) in [5, 5.41) is 50.8. The Balaban J connectivity index is 0.000000188. The molecule has 27 nitrogen and oxygen atoms in total. The van der Waals surface area contributed by atoms with Gasteiger partial charge in [0.25, 0.3) is 0 Å². The molecule has 0 aromatic carbocycles. The van der Waals surface area contributed by atoms with E-state index < -0.39 is 70.8 Å². The van der Waals surface area contributed by atoms with E-state index in [1.165, 1.54) is 76.0 Å². The summed E-state index contributed by atoms with van der Waals surface area (Å²) < 4.78 is 66.4. The number of fused-ring (bicyclic) bond motifs is 8. The van der Waals surface area contributed by atoms with Crippen LogP contribution in [0.25, 0.3) is 0 Å². The minimum atomic E-state index is -1.03. The summed E-state index contributed by atoms with van der Waals surface area (Å²) in [5.41, 5.74) is -1.98. The Morgan fingerprint density at radius 3 is 1.30 bits per heavy atom. The first kappa shape index (κ1) is 101. The normalized spacial score (nSPS) is 42.6. The van der Waals surface area contributed by atoms with Gasteiger partial charge >= 0.3 is 53.7 Å². The zero-order chi connectivity index (χ0) is 90.0. The molecule has 695 valence electrons. The van der Waals surface area contributed by atoms with Gasteiger partial charge in [0.05, 0.1) is 92.9 Å². The van der Waals surface area contributed by atoms with Gasteiger partial charge < -0.3 is 90.7 Å². The van der Waals surface area contributed by atoms with Crippen LogP contribution in [-0.4, -0.2) is 260 Å². The molecule has 3 radical (unpaired) electrons. The second kappa shape index (κ2) is 36.6. The number of nitrogens with one attached hydrogen (secondary N) is 1. The zero-order valence-corrected chi connectivity index (χ0v) is 81.9. The van der Waals surface area contributed by atoms with Gasteiger partial charge in [-0.1, -0.05) is 69.2 Å². The van der Waals surface area contributed by atoms with Crippen LogP contribution in [0.4, 0.5) is 9.59 Å². The topological polar surface area (TPSA) is 325 Å². The van der Waals surface area contributed by atoms with Crippen LogP contribution in [-0.2, 0) is 81.0 Å². The number of nitrogens with zero attached hydrogens (tertiary/aromatic N) is 3. The number of likely N-dealkylation sites (tertiary alicyclic amines) is 2. The number of rotatable bonds is 13. The number of ketones is 1. The van der Waals surface area contributed by atoms with E-state index in [0.29, 0.717) is 103 Å². The van der Waals surface area contributed by atoms with Gasteiger partial charge in [0, 0.05) is 83.6 Å². The number of aliphatic hydroxyl groups is 4. The third-order valence-electron chi connectivity index (χ3n) is 34.7. The summed E-state index contributed by atoms with van der Waals surface area (Å²) in [6.45, 7) is 58.0. The molecule has 6 aliphatic heterocycles. The molecule has 16 rings (SSSR count). The molecule has 29 heteroatoms. The SMILES string of the molecule is CC(=O)OOC(C)=O.CC(C)(C)OC(=O)N1CC(=O)C1.CCO[C@@H]([C@H]1C[C@@H](C)[C@H]2[C@H](O1)[C@H](O)[C@@]1(C)[C@@H]3CC[C@H]4C(C)(C)[C@@H](O[C@H]5CN(C6CN(C(=O)OC(C)(C)C)C6)CCO5)CCC45C[C@@]35CC[C@]21C)C(C)(C)O.CCO[C@@H]([C@H]1C[C@@H](C)[C@H]2[C@H](O1)[C@H](O)[C@@]1(C)[C@@H]3CC[C@H]4C(C)(C)[C@@H](O[C@H]5CNCCO5)CCC45C[C@@]35CC[C@]21C)C(C)(C)O.[B-]OC(C)=O.[Na+]. The molecule has 6 heterocycles. The van der Waals surface area contributed by atoms with Crippen LogP contribution in [0.2, 0.25) is 0 Å². The molecule has 10 saturated carbocycles. The standard InChI is InChI=1S/C44H74N2O8.C36H61NO6.C8H13NO3.C4H6O4.C2H3BO2.Na/c1-12-50-36(40(8,9)49)28-21-26(2)33-34(52-28)35(47)42(11)30-14-13-29-39(6,7)31(15-16-43(29)25-44(30,43)18-17-41(33,42)10)53-32-24-45(19-20-51-32)27-22-46(23-27)37(48)54-38(3,4)5;1-9-40-30(32(5,6)39)22-18-21(2)27-28(42-22)29(38)34(8)24-11-10-23-31(3,4)25(43-26-19-37-16-17-41-26)12-13-35(23)20-36(24,35)15-14-33(27,34)7;1-8(2,3)12-7(11)9-4-6(10)5-9;1-3(5)7-8-4(2)6;1-2(4)5-3;/h26-36,47,49H,12-25H2,1-11H3;21-30,37-39H,9-20H2,1-8H3;4-5H2,1-3H3;1-2H3;1H3;/q;;;;-1;+1/t26-,28-,29+,30+,31+,32+,33+,34+,35+,36+,41-,42-,43?,44+;21-,22-,23+,24+,25+,26+,27+,28+,29+,30+,33-,34-,35?,36+;;;;/m11..../s1. The number of ether oxygens (including phenoxy) is 10. The Morgan fingerprint density at radius 2 is 0.935 bits per heavy atom. The van der Waals surface area contributed by atoms with E-state index in [2.05, 4.69) is 102 Å². The Labute approximate surface area is 758 Å². The number of carbonyl (C=O) groups excluding carboxylic acids is 6. The van der Waals surface area contributed by atoms with Crippen LogP contribution in [0.1, 0.15) is 276 Å². The quantitative estimate of drug-likeness (QED) is 0.0651. The molecule has 4 spiro atoms. The number of carbonyl (C=O) groups is 6. The minimum absolute atomic E-state index is 0. The van der Waals surface area contributed by atoms with E-state index in [-0.39, 0.29) is 142 Å². The van der Waals surface area contributed by atoms with Crippen molar-refractivity contribution in [3.63, 3.8) is 0 Å². The minimum Gasteiger partial charge on any atom is -0.793 e. The molecule has 0 bridgehead atoms. The fraction of sp³-hybridized carbons (Fsp3) is 0.936. The van der Waals surface area contributed by atoms with Gasteiger partial charge in [0.15, 0.2) is 18.4 Å². The summed E-state index contributed by atoms with van der Waals surface area (Å²) in [4.78, 5) is 76.7. The first-order valence-corrected chi connectivity index (χ1v) is 46.6. The summed E-state index contributed by atoms with van der Waals surface area (Å²) in [6, 6.07) is 0.316. The number of hydrogen-bond donors (Lipinski definition) is 5. The summed E-state index contributed by atoms with van der Waals surface area (Å²) in [6.07, 6.45) is 15.1. The predicted octanol–water partition coefficient (Wildman–Crippen LogP) is 9.42. The van der Waals surface area contributed by atoms with Crippen LogP contribution in [0.15, 0.2) is 0 Å². The van der Waals surface area contributed by atoms with Gasteiger partial charge in [0.1, 0.15) is 23.4 Å².